The first kappa shape index (κ1) is 12.2. The number of ether oxygens (including phenoxy) is 1. The average molecular weight is 244 g/mol. The van der Waals surface area contributed by atoms with Crippen LogP contribution < -0.4 is 15.4 Å². The zero-order chi connectivity index (χ0) is 12.8. The van der Waals surface area contributed by atoms with E-state index in [1.54, 1.807) is 13.2 Å². The zero-order valence-corrected chi connectivity index (χ0v) is 10.4. The van der Waals surface area contributed by atoms with Gasteiger partial charge >= 0.3 is 0 Å². The van der Waals surface area contributed by atoms with Gasteiger partial charge in [0.2, 0.25) is 0 Å². The molecular weight excluding hydrogens is 228 g/mol. The molecule has 2 rings (SSSR count). The van der Waals surface area contributed by atoms with E-state index in [1.165, 1.54) is 0 Å². The molecule has 94 valence electrons. The molecule has 0 amide bonds. The fourth-order valence-electron chi connectivity index (χ4n) is 1.77. The third kappa shape index (κ3) is 2.92. The highest BCUT2D eigenvalue weighted by Gasteiger charge is 2.06. The summed E-state index contributed by atoms with van der Waals surface area (Å²) in [6.45, 7) is 2.49. The van der Waals surface area contributed by atoms with E-state index >= 15 is 0 Å². The first-order chi connectivity index (χ1) is 8.83. The largest absolute Gasteiger partial charge is 0.495 e. The smallest absolute Gasteiger partial charge is 0.191 e. The van der Waals surface area contributed by atoms with Crippen LogP contribution >= 0.6 is 0 Å². The first-order valence-electron chi connectivity index (χ1n) is 5.92. The third-order valence-corrected chi connectivity index (χ3v) is 2.74. The lowest BCUT2D eigenvalue weighted by Crippen LogP contribution is -2.40. The number of rotatable bonds is 3. The van der Waals surface area contributed by atoms with Crippen LogP contribution in [0.2, 0.25) is 0 Å². The molecule has 2 N–H and O–H groups in total. The number of hydrogen-bond donors (Lipinski definition) is 2. The SMILES string of the molecule is COc1cc(CNC2=NCCCN2)ccc1C#N. The van der Waals surface area contributed by atoms with E-state index in [9.17, 15) is 0 Å². The minimum Gasteiger partial charge on any atom is -0.495 e. The summed E-state index contributed by atoms with van der Waals surface area (Å²) in [5.74, 6) is 1.44. The lowest BCUT2D eigenvalue weighted by molar-refractivity contribution is 0.413. The molecule has 0 atom stereocenters. The Kier molecular flexibility index (Phi) is 4.02. The van der Waals surface area contributed by atoms with Crippen LogP contribution in [0.1, 0.15) is 17.5 Å². The standard InChI is InChI=1S/C13H16N4O/c1-18-12-7-10(3-4-11(12)8-14)9-17-13-15-5-2-6-16-13/h3-4,7H,2,5-6,9H2,1H3,(H2,15,16,17). The molecule has 0 aliphatic carbocycles. The molecule has 0 aromatic heterocycles. The molecule has 5 nitrogen and oxygen atoms in total. The summed E-state index contributed by atoms with van der Waals surface area (Å²) in [6.07, 6.45) is 1.08. The minimum absolute atomic E-state index is 0.550. The van der Waals surface area contributed by atoms with Crippen LogP contribution in [-0.2, 0) is 6.54 Å². The van der Waals surface area contributed by atoms with Gasteiger partial charge in [-0.25, -0.2) is 0 Å². The van der Waals surface area contributed by atoms with Crippen molar-refractivity contribution in [2.75, 3.05) is 20.2 Å². The number of aliphatic imine (C=N–C) groups is 1. The lowest BCUT2D eigenvalue weighted by Gasteiger charge is -2.16. The number of nitrogens with one attached hydrogen (secondary N) is 2. The van der Waals surface area contributed by atoms with Crippen LogP contribution in [0.4, 0.5) is 0 Å². The van der Waals surface area contributed by atoms with E-state index in [0.29, 0.717) is 17.9 Å². The average Bonchev–Trinajstić information content (AvgIpc) is 2.45. The van der Waals surface area contributed by atoms with Gasteiger partial charge in [0.1, 0.15) is 11.8 Å². The van der Waals surface area contributed by atoms with Crippen molar-refractivity contribution in [1.82, 2.24) is 10.6 Å². The molecule has 1 aromatic rings. The highest BCUT2D eigenvalue weighted by molar-refractivity contribution is 5.80. The second-order valence-corrected chi connectivity index (χ2v) is 4.01. The Labute approximate surface area is 106 Å². The summed E-state index contributed by atoms with van der Waals surface area (Å²) in [6, 6.07) is 7.65. The Hall–Kier alpha value is -2.22. The molecular formula is C13H16N4O. The Balaban J connectivity index is 2.01. The molecule has 0 unspecified atom stereocenters. The van der Waals surface area contributed by atoms with Gasteiger partial charge in [0.15, 0.2) is 5.96 Å². The minimum atomic E-state index is 0.550. The predicted molar refractivity (Wildman–Crippen MR) is 69.5 cm³/mol. The summed E-state index contributed by atoms with van der Waals surface area (Å²) in [5, 5.41) is 15.3. The third-order valence-electron chi connectivity index (χ3n) is 2.74. The normalized spacial score (nSPS) is 14.1. The van der Waals surface area contributed by atoms with E-state index < -0.39 is 0 Å². The van der Waals surface area contributed by atoms with Crippen molar-refractivity contribution in [3.8, 4) is 11.8 Å². The molecule has 1 heterocycles. The van der Waals surface area contributed by atoms with Crippen LogP contribution in [-0.4, -0.2) is 26.2 Å². The Bertz CT molecular complexity index is 490. The van der Waals surface area contributed by atoms with Gasteiger partial charge in [-0.1, -0.05) is 6.07 Å². The molecule has 0 spiro atoms. The molecule has 1 aliphatic rings. The van der Waals surface area contributed by atoms with E-state index in [-0.39, 0.29) is 0 Å². The van der Waals surface area contributed by atoms with Crippen LogP contribution in [0, 0.1) is 11.3 Å². The molecule has 1 aromatic carbocycles. The summed E-state index contributed by atoms with van der Waals surface area (Å²) in [5.41, 5.74) is 1.61. The van der Waals surface area contributed by atoms with Gasteiger partial charge in [-0.15, -0.1) is 0 Å². The van der Waals surface area contributed by atoms with Gasteiger partial charge in [0.25, 0.3) is 0 Å². The maximum Gasteiger partial charge on any atom is 0.191 e. The van der Waals surface area contributed by atoms with Crippen molar-refractivity contribution >= 4 is 5.96 Å². The number of benzene rings is 1. The maximum atomic E-state index is 8.90. The van der Waals surface area contributed by atoms with Crippen molar-refractivity contribution in [3.63, 3.8) is 0 Å². The van der Waals surface area contributed by atoms with Crippen molar-refractivity contribution in [1.29, 1.82) is 5.26 Å². The molecule has 0 saturated carbocycles. The molecule has 18 heavy (non-hydrogen) atoms. The van der Waals surface area contributed by atoms with Gasteiger partial charge in [-0.3, -0.25) is 4.99 Å². The van der Waals surface area contributed by atoms with Crippen molar-refractivity contribution < 1.29 is 4.74 Å². The Morgan fingerprint density at radius 3 is 3.11 bits per heavy atom. The van der Waals surface area contributed by atoms with E-state index in [1.807, 2.05) is 12.1 Å². The molecule has 5 heteroatoms. The molecule has 0 radical (unpaired) electrons. The van der Waals surface area contributed by atoms with Crippen molar-refractivity contribution in [3.05, 3.63) is 29.3 Å². The number of guanidine groups is 1. The second kappa shape index (κ2) is 5.92. The Morgan fingerprint density at radius 1 is 1.56 bits per heavy atom. The van der Waals surface area contributed by atoms with E-state index in [2.05, 4.69) is 21.7 Å². The van der Waals surface area contributed by atoms with Crippen LogP contribution in [0.3, 0.4) is 0 Å². The number of hydrogen-bond acceptors (Lipinski definition) is 5. The second-order valence-electron chi connectivity index (χ2n) is 4.01. The number of nitriles is 1. The van der Waals surface area contributed by atoms with Crippen LogP contribution in [0.25, 0.3) is 0 Å². The Morgan fingerprint density at radius 2 is 2.44 bits per heavy atom. The maximum absolute atomic E-state index is 8.90. The van der Waals surface area contributed by atoms with Gasteiger partial charge in [-0.2, -0.15) is 5.26 Å². The summed E-state index contributed by atoms with van der Waals surface area (Å²) in [4.78, 5) is 4.33. The highest BCUT2D eigenvalue weighted by atomic mass is 16.5. The molecule has 1 aliphatic heterocycles. The number of nitrogens with zero attached hydrogens (tertiary/aromatic N) is 2. The van der Waals surface area contributed by atoms with Gasteiger partial charge in [-0.05, 0) is 24.1 Å². The predicted octanol–water partition coefficient (Wildman–Crippen LogP) is 1.01. The van der Waals surface area contributed by atoms with Crippen molar-refractivity contribution in [2.45, 2.75) is 13.0 Å². The summed E-state index contributed by atoms with van der Waals surface area (Å²) >= 11 is 0. The van der Waals surface area contributed by atoms with E-state index in [0.717, 1.165) is 31.0 Å². The zero-order valence-electron chi connectivity index (χ0n) is 10.4. The monoisotopic (exact) mass is 244 g/mol. The van der Waals surface area contributed by atoms with Gasteiger partial charge in [0.05, 0.1) is 12.7 Å². The fourth-order valence-corrected chi connectivity index (χ4v) is 1.77. The summed E-state index contributed by atoms with van der Waals surface area (Å²) < 4.78 is 5.17. The lowest BCUT2D eigenvalue weighted by atomic mass is 10.1. The van der Waals surface area contributed by atoms with Crippen LogP contribution in [0.15, 0.2) is 23.2 Å². The fraction of sp³-hybridized carbons (Fsp3) is 0.385. The first-order valence-corrected chi connectivity index (χ1v) is 5.92. The summed E-state index contributed by atoms with van der Waals surface area (Å²) in [7, 11) is 1.57. The molecule has 0 fully saturated rings. The molecule has 0 saturated heterocycles. The van der Waals surface area contributed by atoms with E-state index in [4.69, 9.17) is 10.00 Å². The quantitative estimate of drug-likeness (QED) is 0.832. The highest BCUT2D eigenvalue weighted by Crippen LogP contribution is 2.19. The van der Waals surface area contributed by atoms with Crippen LogP contribution in [0.5, 0.6) is 5.75 Å². The molecule has 0 bridgehead atoms. The van der Waals surface area contributed by atoms with Crippen molar-refractivity contribution in [2.24, 2.45) is 4.99 Å². The number of methoxy groups -OCH3 is 1. The van der Waals surface area contributed by atoms with Gasteiger partial charge in [0, 0.05) is 19.6 Å². The topological polar surface area (TPSA) is 69.4 Å². The van der Waals surface area contributed by atoms with Gasteiger partial charge < -0.3 is 15.4 Å².